The third-order valence-electron chi connectivity index (χ3n) is 4.84. The van der Waals surface area contributed by atoms with E-state index in [1.54, 1.807) is 23.1 Å². The monoisotopic (exact) mass is 397 g/mol. The van der Waals surface area contributed by atoms with Gasteiger partial charge in [0.05, 0.1) is 18.1 Å². The van der Waals surface area contributed by atoms with Crippen LogP contribution in [0.25, 0.3) is 0 Å². The van der Waals surface area contributed by atoms with Gasteiger partial charge in [-0.25, -0.2) is 13.1 Å². The molecule has 1 aliphatic rings. The van der Waals surface area contributed by atoms with Crippen molar-refractivity contribution in [3.63, 3.8) is 0 Å². The van der Waals surface area contributed by atoms with E-state index in [-0.39, 0.29) is 17.3 Å². The fraction of sp³-hybridized carbons (Fsp3) is 0.632. The number of carbonyl (C=O) groups is 1. The van der Waals surface area contributed by atoms with Gasteiger partial charge in [-0.3, -0.25) is 4.79 Å². The van der Waals surface area contributed by atoms with Gasteiger partial charge >= 0.3 is 0 Å². The Morgan fingerprint density at radius 3 is 2.67 bits per heavy atom. The normalized spacial score (nSPS) is 14.4. The van der Waals surface area contributed by atoms with Crippen LogP contribution in [0.15, 0.2) is 23.1 Å². The van der Waals surface area contributed by atoms with Crippen molar-refractivity contribution in [2.75, 3.05) is 50.8 Å². The Morgan fingerprint density at radius 1 is 1.26 bits per heavy atom. The predicted molar refractivity (Wildman–Crippen MR) is 107 cm³/mol. The second kappa shape index (κ2) is 10.2. The summed E-state index contributed by atoms with van der Waals surface area (Å²) in [5, 5.41) is 0. The van der Waals surface area contributed by atoms with Crippen molar-refractivity contribution < 1.29 is 17.9 Å². The fourth-order valence-corrected chi connectivity index (χ4v) is 4.30. The van der Waals surface area contributed by atoms with Gasteiger partial charge in [-0.1, -0.05) is 13.8 Å². The minimum atomic E-state index is -3.59. The molecule has 0 unspecified atom stereocenters. The highest BCUT2D eigenvalue weighted by atomic mass is 32.2. The van der Waals surface area contributed by atoms with Gasteiger partial charge < -0.3 is 14.5 Å². The van der Waals surface area contributed by atoms with Crippen LogP contribution in [-0.4, -0.2) is 65.2 Å². The predicted octanol–water partition coefficient (Wildman–Crippen LogP) is 1.62. The van der Waals surface area contributed by atoms with E-state index in [1.807, 2.05) is 0 Å². The molecule has 152 valence electrons. The summed E-state index contributed by atoms with van der Waals surface area (Å²) in [4.78, 5) is 15.9. The highest BCUT2D eigenvalue weighted by Gasteiger charge is 2.22. The lowest BCUT2D eigenvalue weighted by molar-refractivity contribution is -0.116. The molecule has 1 heterocycles. The topological polar surface area (TPSA) is 79.0 Å². The lowest BCUT2D eigenvalue weighted by Gasteiger charge is -2.28. The van der Waals surface area contributed by atoms with E-state index in [1.165, 1.54) is 6.92 Å². The summed E-state index contributed by atoms with van der Waals surface area (Å²) in [6.45, 7) is 10.4. The van der Waals surface area contributed by atoms with E-state index >= 15 is 0 Å². The fourth-order valence-electron chi connectivity index (χ4n) is 3.23. The third-order valence-corrected chi connectivity index (χ3v) is 6.30. The van der Waals surface area contributed by atoms with Crippen LogP contribution in [0.4, 0.5) is 5.69 Å². The largest absolute Gasteiger partial charge is 0.379 e. The summed E-state index contributed by atoms with van der Waals surface area (Å²) in [6.07, 6.45) is 1.61. The number of nitrogens with zero attached hydrogens (tertiary/aromatic N) is 2. The van der Waals surface area contributed by atoms with Gasteiger partial charge in [0.15, 0.2) is 0 Å². The molecule has 1 amide bonds. The van der Waals surface area contributed by atoms with Crippen molar-refractivity contribution in [2.45, 2.75) is 38.5 Å². The lowest BCUT2D eigenvalue weighted by atomic mass is 10.0. The van der Waals surface area contributed by atoms with Crippen LogP contribution in [0, 0.1) is 0 Å². The zero-order chi connectivity index (χ0) is 19.9. The summed E-state index contributed by atoms with van der Waals surface area (Å²) >= 11 is 0. The van der Waals surface area contributed by atoms with E-state index in [9.17, 15) is 13.2 Å². The second-order valence-corrected chi connectivity index (χ2v) is 8.37. The maximum absolute atomic E-state index is 12.5. The number of ether oxygens (including phenoxy) is 1. The Bertz CT molecular complexity index is 732. The van der Waals surface area contributed by atoms with Crippen LogP contribution in [0.3, 0.4) is 0 Å². The number of fused-ring (bicyclic) bond motifs is 1. The molecule has 0 aliphatic carbocycles. The molecule has 0 bridgehead atoms. The molecule has 0 fully saturated rings. The van der Waals surface area contributed by atoms with E-state index in [4.69, 9.17) is 4.74 Å². The highest BCUT2D eigenvalue weighted by molar-refractivity contribution is 7.89. The van der Waals surface area contributed by atoms with Crippen LogP contribution in [0.5, 0.6) is 0 Å². The van der Waals surface area contributed by atoms with Crippen LogP contribution < -0.4 is 9.62 Å². The van der Waals surface area contributed by atoms with Gasteiger partial charge in [0.2, 0.25) is 15.9 Å². The number of amides is 1. The molecule has 1 aromatic rings. The Balaban J connectivity index is 1.89. The van der Waals surface area contributed by atoms with Gasteiger partial charge in [-0.15, -0.1) is 0 Å². The van der Waals surface area contributed by atoms with Crippen LogP contribution in [0.2, 0.25) is 0 Å². The first-order chi connectivity index (χ1) is 12.9. The Hall–Kier alpha value is -1.48. The third kappa shape index (κ3) is 6.00. The minimum Gasteiger partial charge on any atom is -0.379 e. The molecule has 1 aliphatic heterocycles. The van der Waals surface area contributed by atoms with Gasteiger partial charge in [-0.05, 0) is 49.7 Å². The summed E-state index contributed by atoms with van der Waals surface area (Å²) in [5.41, 5.74) is 1.71. The van der Waals surface area contributed by atoms with E-state index in [2.05, 4.69) is 23.5 Å². The van der Waals surface area contributed by atoms with Gasteiger partial charge in [0.25, 0.3) is 0 Å². The first-order valence-corrected chi connectivity index (χ1v) is 11.1. The van der Waals surface area contributed by atoms with Gasteiger partial charge in [-0.2, -0.15) is 0 Å². The number of aryl methyl sites for hydroxylation is 1. The number of sulfonamides is 1. The first kappa shape index (κ1) is 21.8. The molecule has 27 heavy (non-hydrogen) atoms. The SMILES string of the molecule is CCN(CC)CCOCCNS(=O)(=O)c1ccc2c(c1)CCCN2C(C)=O. The molecule has 0 saturated heterocycles. The first-order valence-electron chi connectivity index (χ1n) is 9.59. The second-order valence-electron chi connectivity index (χ2n) is 6.60. The molecular formula is C19H31N3O4S. The average Bonchev–Trinajstić information content (AvgIpc) is 2.66. The van der Waals surface area contributed by atoms with Gasteiger partial charge in [0.1, 0.15) is 0 Å². The van der Waals surface area contributed by atoms with Crippen LogP contribution in [0.1, 0.15) is 32.8 Å². The van der Waals surface area contributed by atoms with Crippen molar-refractivity contribution >= 4 is 21.6 Å². The zero-order valence-electron chi connectivity index (χ0n) is 16.5. The molecule has 7 nitrogen and oxygen atoms in total. The summed E-state index contributed by atoms with van der Waals surface area (Å²) in [5.74, 6) is -0.0217. The van der Waals surface area contributed by atoms with Crippen LogP contribution >= 0.6 is 0 Å². The van der Waals surface area contributed by atoms with E-state index in [0.29, 0.717) is 19.8 Å². The number of rotatable bonds is 10. The number of hydrogen-bond donors (Lipinski definition) is 1. The van der Waals surface area contributed by atoms with Crippen molar-refractivity contribution in [1.29, 1.82) is 0 Å². The molecule has 1 aromatic carbocycles. The molecule has 0 radical (unpaired) electrons. The molecule has 0 saturated carbocycles. The standard InChI is InChI=1S/C19H31N3O4S/c1-4-21(5-2)12-14-26-13-10-20-27(24,25)18-8-9-19-17(15-18)7-6-11-22(19)16(3)23/h8-9,15,20H,4-7,10-14H2,1-3H3. The Morgan fingerprint density at radius 2 is 2.00 bits per heavy atom. The van der Waals surface area contributed by atoms with Gasteiger partial charge in [0, 0.05) is 32.2 Å². The quantitative estimate of drug-likeness (QED) is 0.607. The van der Waals surface area contributed by atoms with E-state index < -0.39 is 10.0 Å². The molecule has 8 heteroatoms. The molecular weight excluding hydrogens is 366 g/mol. The number of benzene rings is 1. The molecule has 0 spiro atoms. The number of nitrogens with one attached hydrogen (secondary N) is 1. The average molecular weight is 398 g/mol. The van der Waals surface area contributed by atoms with Crippen molar-refractivity contribution in [2.24, 2.45) is 0 Å². The summed E-state index contributed by atoms with van der Waals surface area (Å²) < 4.78 is 33.1. The number of likely N-dealkylation sites (N-methyl/N-ethyl adjacent to an activating group) is 1. The Kier molecular flexibility index (Phi) is 8.22. The minimum absolute atomic E-state index is 0.0217. The Labute approximate surface area is 162 Å². The van der Waals surface area contributed by atoms with Crippen molar-refractivity contribution in [3.8, 4) is 0 Å². The van der Waals surface area contributed by atoms with Crippen molar-refractivity contribution in [1.82, 2.24) is 9.62 Å². The zero-order valence-corrected chi connectivity index (χ0v) is 17.3. The maximum Gasteiger partial charge on any atom is 0.240 e. The molecule has 2 rings (SSSR count). The smallest absolute Gasteiger partial charge is 0.240 e. The van der Waals surface area contributed by atoms with E-state index in [0.717, 1.165) is 43.7 Å². The lowest BCUT2D eigenvalue weighted by Crippen LogP contribution is -2.34. The maximum atomic E-state index is 12.5. The van der Waals surface area contributed by atoms with Crippen LogP contribution in [-0.2, 0) is 26.0 Å². The highest BCUT2D eigenvalue weighted by Crippen LogP contribution is 2.29. The van der Waals surface area contributed by atoms with Crippen molar-refractivity contribution in [3.05, 3.63) is 23.8 Å². The summed E-state index contributed by atoms with van der Waals surface area (Å²) in [6, 6.07) is 4.96. The molecule has 0 aromatic heterocycles. The number of carbonyl (C=O) groups excluding carboxylic acids is 1. The number of hydrogen-bond acceptors (Lipinski definition) is 5. The molecule has 1 N–H and O–H groups in total. The number of anilines is 1. The molecule has 0 atom stereocenters. The summed E-state index contributed by atoms with van der Waals surface area (Å²) in [7, 11) is -3.59.